The Kier molecular flexibility index (Phi) is 5.66. The summed E-state index contributed by atoms with van der Waals surface area (Å²) in [6.45, 7) is 3.69. The molecule has 0 fully saturated rings. The second-order valence-electron chi connectivity index (χ2n) is 3.57. The van der Waals surface area contributed by atoms with Crippen LogP contribution in [0.5, 0.6) is 0 Å². The molecular formula is C9H15F3O4Si. The summed E-state index contributed by atoms with van der Waals surface area (Å²) in [5, 5.41) is 0. The van der Waals surface area contributed by atoms with Gasteiger partial charge in [0.25, 0.3) is 11.9 Å². The van der Waals surface area contributed by atoms with Crippen molar-refractivity contribution in [3.05, 3.63) is 0 Å². The van der Waals surface area contributed by atoms with Crippen LogP contribution in [0.25, 0.3) is 0 Å². The van der Waals surface area contributed by atoms with Gasteiger partial charge in [0.2, 0.25) is 0 Å². The molecule has 100 valence electrons. The summed E-state index contributed by atoms with van der Waals surface area (Å²) in [5.74, 6) is -1.47. The Bertz CT molecular complexity index is 274. The molecule has 0 aliphatic heterocycles. The quantitative estimate of drug-likeness (QED) is 0.722. The Balaban J connectivity index is 4.78. The van der Waals surface area contributed by atoms with E-state index in [1.807, 2.05) is 0 Å². The van der Waals surface area contributed by atoms with Crippen molar-refractivity contribution in [2.45, 2.75) is 45.5 Å². The van der Waals surface area contributed by atoms with E-state index in [0.29, 0.717) is 0 Å². The van der Waals surface area contributed by atoms with Crippen molar-refractivity contribution in [1.82, 2.24) is 0 Å². The van der Waals surface area contributed by atoms with Crippen LogP contribution < -0.4 is 0 Å². The summed E-state index contributed by atoms with van der Waals surface area (Å²) in [5.41, 5.74) is 0. The topological polar surface area (TPSA) is 52.6 Å². The molecule has 0 heterocycles. The Morgan fingerprint density at radius 1 is 1.12 bits per heavy atom. The first kappa shape index (κ1) is 15.9. The molecular weight excluding hydrogens is 257 g/mol. The van der Waals surface area contributed by atoms with Gasteiger partial charge in [-0.3, -0.25) is 9.59 Å². The third-order valence-corrected chi connectivity index (χ3v) is 5.40. The average Bonchev–Trinajstić information content (AvgIpc) is 2.11. The Hall–Kier alpha value is -1.05. The fourth-order valence-corrected chi connectivity index (χ4v) is 3.90. The summed E-state index contributed by atoms with van der Waals surface area (Å²) in [6, 6.07) is -0.367. The Morgan fingerprint density at radius 2 is 1.53 bits per heavy atom. The summed E-state index contributed by atoms with van der Waals surface area (Å²) >= 11 is 0. The number of hydrogen-bond acceptors (Lipinski definition) is 4. The van der Waals surface area contributed by atoms with Crippen molar-refractivity contribution in [3.63, 3.8) is 0 Å². The summed E-state index contributed by atoms with van der Waals surface area (Å²) in [6.07, 6.45) is -5.50. The first-order valence-corrected chi connectivity index (χ1v) is 7.29. The maximum absolute atomic E-state index is 12.1. The van der Waals surface area contributed by atoms with Gasteiger partial charge < -0.3 is 8.85 Å². The average molecular weight is 272 g/mol. The Morgan fingerprint density at radius 3 is 1.76 bits per heavy atom. The molecule has 8 heteroatoms. The van der Waals surface area contributed by atoms with Crippen LogP contribution in [0.15, 0.2) is 0 Å². The lowest BCUT2D eigenvalue weighted by atomic mass is 10.5. The second kappa shape index (κ2) is 6.04. The molecule has 0 aromatic carbocycles. The highest BCUT2D eigenvalue weighted by Gasteiger charge is 2.45. The zero-order valence-corrected chi connectivity index (χ0v) is 10.9. The SMILES string of the molecule is CC[Si](CCC(F)(F)F)(OC(C)=O)OC(C)=O. The molecule has 17 heavy (non-hydrogen) atoms. The van der Waals surface area contributed by atoms with Crippen molar-refractivity contribution < 1.29 is 31.6 Å². The highest BCUT2D eigenvalue weighted by molar-refractivity contribution is 6.70. The minimum atomic E-state index is -4.37. The molecule has 0 spiro atoms. The van der Waals surface area contributed by atoms with Crippen LogP contribution in [0.1, 0.15) is 27.2 Å². The Labute approximate surface area is 98.3 Å². The third kappa shape index (κ3) is 6.98. The molecule has 4 nitrogen and oxygen atoms in total. The van der Waals surface area contributed by atoms with Gasteiger partial charge in [0, 0.05) is 32.4 Å². The van der Waals surface area contributed by atoms with Gasteiger partial charge in [0.15, 0.2) is 0 Å². The van der Waals surface area contributed by atoms with Gasteiger partial charge in [-0.25, -0.2) is 0 Å². The molecule has 0 aliphatic carbocycles. The predicted molar refractivity (Wildman–Crippen MR) is 55.2 cm³/mol. The standard InChI is InChI=1S/C9H15F3O4Si/c1-4-17(15-7(2)13,16-8(3)14)6-5-9(10,11)12/h4-6H2,1-3H3. The summed E-state index contributed by atoms with van der Waals surface area (Å²) in [7, 11) is -3.42. The summed E-state index contributed by atoms with van der Waals surface area (Å²) in [4.78, 5) is 21.7. The number of halogens is 3. The number of rotatable bonds is 5. The minimum Gasteiger partial charge on any atom is -0.485 e. The van der Waals surface area contributed by atoms with E-state index in [1.165, 1.54) is 6.92 Å². The molecule has 0 bridgehead atoms. The lowest BCUT2D eigenvalue weighted by Gasteiger charge is -2.27. The molecule has 0 aromatic rings. The van der Waals surface area contributed by atoms with E-state index in [0.717, 1.165) is 13.8 Å². The van der Waals surface area contributed by atoms with E-state index in [9.17, 15) is 22.8 Å². The number of carbonyl (C=O) groups excluding carboxylic acids is 2. The van der Waals surface area contributed by atoms with Crippen molar-refractivity contribution in [3.8, 4) is 0 Å². The smallest absolute Gasteiger partial charge is 0.464 e. The molecule has 0 unspecified atom stereocenters. The fraction of sp³-hybridized carbons (Fsp3) is 0.778. The first-order valence-electron chi connectivity index (χ1n) is 5.06. The van der Waals surface area contributed by atoms with E-state index in [4.69, 9.17) is 8.85 Å². The molecule has 0 atom stereocenters. The van der Waals surface area contributed by atoms with Crippen LogP contribution >= 0.6 is 0 Å². The van der Waals surface area contributed by atoms with Gasteiger partial charge in [-0.15, -0.1) is 0 Å². The maximum atomic E-state index is 12.1. The first-order chi connectivity index (χ1) is 7.60. The molecule has 0 N–H and O–H groups in total. The van der Waals surface area contributed by atoms with Crippen LogP contribution in [0.3, 0.4) is 0 Å². The zero-order chi connectivity index (χ0) is 13.7. The predicted octanol–water partition coefficient (Wildman–Crippen LogP) is 2.53. The fourth-order valence-electron chi connectivity index (χ4n) is 1.30. The molecule has 0 saturated carbocycles. The van der Waals surface area contributed by atoms with Gasteiger partial charge in [0.05, 0.1) is 0 Å². The number of hydrogen-bond donors (Lipinski definition) is 0. The second-order valence-corrected chi connectivity index (χ2v) is 7.00. The molecule has 0 saturated heterocycles. The van der Waals surface area contributed by atoms with Crippen LogP contribution in [0, 0.1) is 0 Å². The maximum Gasteiger partial charge on any atom is 0.464 e. The highest BCUT2D eigenvalue weighted by atomic mass is 28.4. The number of carbonyl (C=O) groups is 2. The molecule has 0 rings (SSSR count). The molecule has 0 amide bonds. The lowest BCUT2D eigenvalue weighted by Crippen LogP contribution is -2.45. The third-order valence-electron chi connectivity index (χ3n) is 1.99. The monoisotopic (exact) mass is 272 g/mol. The van der Waals surface area contributed by atoms with Gasteiger partial charge in [-0.2, -0.15) is 13.2 Å². The van der Waals surface area contributed by atoms with E-state index < -0.39 is 39.1 Å². The van der Waals surface area contributed by atoms with Gasteiger partial charge in [-0.1, -0.05) is 6.92 Å². The van der Waals surface area contributed by atoms with Crippen LogP contribution in [0.2, 0.25) is 12.1 Å². The number of alkyl halides is 3. The van der Waals surface area contributed by atoms with Crippen molar-refractivity contribution in [1.29, 1.82) is 0 Å². The van der Waals surface area contributed by atoms with Crippen molar-refractivity contribution in [2.75, 3.05) is 0 Å². The van der Waals surface area contributed by atoms with E-state index in [-0.39, 0.29) is 6.04 Å². The van der Waals surface area contributed by atoms with Crippen LogP contribution in [-0.4, -0.2) is 26.7 Å². The zero-order valence-electron chi connectivity index (χ0n) is 9.89. The van der Waals surface area contributed by atoms with E-state index >= 15 is 0 Å². The van der Waals surface area contributed by atoms with Gasteiger partial charge in [-0.05, 0) is 0 Å². The van der Waals surface area contributed by atoms with Crippen molar-refractivity contribution >= 4 is 20.5 Å². The highest BCUT2D eigenvalue weighted by Crippen LogP contribution is 2.29. The van der Waals surface area contributed by atoms with E-state index in [1.54, 1.807) is 0 Å². The van der Waals surface area contributed by atoms with Crippen LogP contribution in [-0.2, 0) is 18.4 Å². The van der Waals surface area contributed by atoms with Crippen LogP contribution in [0.4, 0.5) is 13.2 Å². The molecule has 0 aliphatic rings. The normalized spacial score (nSPS) is 12.1. The van der Waals surface area contributed by atoms with Gasteiger partial charge in [0.1, 0.15) is 0 Å². The van der Waals surface area contributed by atoms with Gasteiger partial charge >= 0.3 is 14.7 Å². The molecule has 0 radical (unpaired) electrons. The lowest BCUT2D eigenvalue weighted by molar-refractivity contribution is -0.143. The largest absolute Gasteiger partial charge is 0.485 e. The van der Waals surface area contributed by atoms with E-state index in [2.05, 4.69) is 0 Å². The van der Waals surface area contributed by atoms with Crippen molar-refractivity contribution in [2.24, 2.45) is 0 Å². The summed E-state index contributed by atoms with van der Waals surface area (Å²) < 4.78 is 46.1. The minimum absolute atomic E-state index is 0.0994. The molecule has 0 aromatic heterocycles.